The van der Waals surface area contributed by atoms with E-state index in [1.165, 1.54) is 12.1 Å². The summed E-state index contributed by atoms with van der Waals surface area (Å²) in [6, 6.07) is 4.89. The van der Waals surface area contributed by atoms with Crippen molar-refractivity contribution in [3.63, 3.8) is 0 Å². The highest BCUT2D eigenvalue weighted by atomic mass is 19.1. The Balaban J connectivity index is 1.54. The molecule has 0 saturated carbocycles. The van der Waals surface area contributed by atoms with E-state index in [9.17, 15) is 4.39 Å². The summed E-state index contributed by atoms with van der Waals surface area (Å²) in [6.07, 6.45) is 3.84. The molecule has 1 aliphatic heterocycles. The van der Waals surface area contributed by atoms with Crippen LogP contribution in [0.3, 0.4) is 0 Å². The normalized spacial score (nSPS) is 17.6. The summed E-state index contributed by atoms with van der Waals surface area (Å²) in [5.74, 6) is 0.588. The van der Waals surface area contributed by atoms with Crippen LogP contribution in [0.2, 0.25) is 0 Å². The highest BCUT2D eigenvalue weighted by Gasteiger charge is 2.23. The number of hydrogen-bond donors (Lipinski definition) is 1. The fourth-order valence-corrected chi connectivity index (χ4v) is 3.09. The van der Waals surface area contributed by atoms with E-state index in [0.717, 1.165) is 30.0 Å². The topological polar surface area (TPSA) is 56.9 Å². The molecular weight excluding hydrogens is 297 g/mol. The lowest BCUT2D eigenvalue weighted by atomic mass is 10.2. The Morgan fingerprint density at radius 2 is 2.35 bits per heavy atom. The third-order valence-electron chi connectivity index (χ3n) is 4.10. The number of ether oxygens (including phenoxy) is 1. The summed E-state index contributed by atoms with van der Waals surface area (Å²) in [6.45, 7) is 2.59. The summed E-state index contributed by atoms with van der Waals surface area (Å²) >= 11 is 0. The van der Waals surface area contributed by atoms with Gasteiger partial charge in [0.1, 0.15) is 18.2 Å². The average Bonchev–Trinajstić information content (AvgIpc) is 3.10. The van der Waals surface area contributed by atoms with Crippen molar-refractivity contribution in [1.29, 1.82) is 0 Å². The predicted octanol–water partition coefficient (Wildman–Crippen LogP) is 1.77. The van der Waals surface area contributed by atoms with Gasteiger partial charge in [0.15, 0.2) is 0 Å². The van der Waals surface area contributed by atoms with Crippen molar-refractivity contribution in [2.24, 2.45) is 7.05 Å². The zero-order valence-corrected chi connectivity index (χ0v) is 12.9. The third kappa shape index (κ3) is 2.73. The first kappa shape index (κ1) is 14.3. The predicted molar refractivity (Wildman–Crippen MR) is 83.3 cm³/mol. The molecule has 0 radical (unpaired) electrons. The van der Waals surface area contributed by atoms with E-state index < -0.39 is 0 Å². The van der Waals surface area contributed by atoms with Crippen LogP contribution < -0.4 is 5.32 Å². The van der Waals surface area contributed by atoms with Gasteiger partial charge in [0.2, 0.25) is 0 Å². The number of nitrogens with zero attached hydrogens (tertiary/aromatic N) is 4. The number of aromatic nitrogens is 4. The highest BCUT2D eigenvalue weighted by molar-refractivity contribution is 5.76. The lowest BCUT2D eigenvalue weighted by molar-refractivity contribution is 0.0564. The van der Waals surface area contributed by atoms with Gasteiger partial charge in [-0.05, 0) is 12.1 Å². The molecule has 4 rings (SSSR count). The van der Waals surface area contributed by atoms with Gasteiger partial charge in [-0.3, -0.25) is 4.68 Å². The van der Waals surface area contributed by atoms with Crippen molar-refractivity contribution < 1.29 is 9.13 Å². The summed E-state index contributed by atoms with van der Waals surface area (Å²) in [5.41, 5.74) is 2.78. The molecule has 6 nitrogen and oxygen atoms in total. The first-order chi connectivity index (χ1) is 11.2. The second-order valence-electron chi connectivity index (χ2n) is 5.85. The highest BCUT2D eigenvalue weighted by Crippen LogP contribution is 2.26. The molecule has 2 aromatic heterocycles. The fraction of sp³-hybridized carbons (Fsp3) is 0.375. The number of nitrogens with one attached hydrogen (secondary N) is 1. The molecule has 0 fully saturated rings. The maximum atomic E-state index is 13.4. The van der Waals surface area contributed by atoms with Crippen molar-refractivity contribution in [1.82, 2.24) is 24.6 Å². The van der Waals surface area contributed by atoms with Crippen molar-refractivity contribution in [2.75, 3.05) is 13.2 Å². The maximum absolute atomic E-state index is 13.4. The van der Waals surface area contributed by atoms with Gasteiger partial charge < -0.3 is 14.6 Å². The van der Waals surface area contributed by atoms with E-state index in [4.69, 9.17) is 4.74 Å². The Kier molecular flexibility index (Phi) is 3.59. The van der Waals surface area contributed by atoms with Crippen molar-refractivity contribution in [3.05, 3.63) is 47.8 Å². The number of halogens is 1. The quantitative estimate of drug-likeness (QED) is 0.797. The van der Waals surface area contributed by atoms with Gasteiger partial charge in [0, 0.05) is 38.0 Å². The third-order valence-corrected chi connectivity index (χ3v) is 4.10. The second kappa shape index (κ2) is 5.75. The molecular formula is C16H18FN5O. The molecule has 1 aliphatic rings. The molecule has 23 heavy (non-hydrogen) atoms. The Hall–Kier alpha value is -2.25. The molecule has 0 unspecified atom stereocenters. The van der Waals surface area contributed by atoms with Gasteiger partial charge in [-0.15, -0.1) is 0 Å². The standard InChI is InChI=1S/C16H18FN5O/c1-21-8-11(6-19-21)5-18-7-13-9-23-10-16-20-14-4-12(17)2-3-15(14)22(13)16/h2-4,6,8,13,18H,5,7,9-10H2,1H3/t13-/m0/s1. The van der Waals surface area contributed by atoms with Gasteiger partial charge in [-0.25, -0.2) is 9.37 Å². The van der Waals surface area contributed by atoms with E-state index >= 15 is 0 Å². The number of aryl methyl sites for hydroxylation is 1. The Morgan fingerprint density at radius 3 is 3.17 bits per heavy atom. The van der Waals surface area contributed by atoms with Crippen LogP contribution in [0.5, 0.6) is 0 Å². The van der Waals surface area contributed by atoms with Crippen LogP contribution in [0, 0.1) is 5.82 Å². The van der Waals surface area contributed by atoms with Crippen LogP contribution in [0.25, 0.3) is 11.0 Å². The molecule has 0 aliphatic carbocycles. The molecule has 3 heterocycles. The Labute approximate surface area is 132 Å². The molecule has 0 spiro atoms. The van der Waals surface area contributed by atoms with Crippen LogP contribution in [-0.4, -0.2) is 32.5 Å². The van der Waals surface area contributed by atoms with Crippen molar-refractivity contribution >= 4 is 11.0 Å². The summed E-state index contributed by atoms with van der Waals surface area (Å²) in [5, 5.41) is 7.60. The molecule has 1 N–H and O–H groups in total. The van der Waals surface area contributed by atoms with E-state index in [1.54, 1.807) is 10.7 Å². The van der Waals surface area contributed by atoms with Crippen LogP contribution >= 0.6 is 0 Å². The maximum Gasteiger partial charge on any atom is 0.136 e. The SMILES string of the molecule is Cn1cc(CNC[C@H]2COCc3nc4cc(F)ccc4n32)cn1. The second-order valence-corrected chi connectivity index (χ2v) is 5.85. The first-order valence-corrected chi connectivity index (χ1v) is 7.63. The average molecular weight is 315 g/mol. The minimum atomic E-state index is -0.264. The van der Waals surface area contributed by atoms with Crippen molar-refractivity contribution in [2.45, 2.75) is 19.2 Å². The monoisotopic (exact) mass is 315 g/mol. The zero-order chi connectivity index (χ0) is 15.8. The van der Waals surface area contributed by atoms with Gasteiger partial charge in [0.05, 0.1) is 29.9 Å². The zero-order valence-electron chi connectivity index (χ0n) is 12.9. The smallest absolute Gasteiger partial charge is 0.136 e. The van der Waals surface area contributed by atoms with Gasteiger partial charge in [-0.1, -0.05) is 0 Å². The molecule has 0 saturated heterocycles. The van der Waals surface area contributed by atoms with Crippen LogP contribution in [0.1, 0.15) is 17.4 Å². The number of benzene rings is 1. The molecule has 120 valence electrons. The largest absolute Gasteiger partial charge is 0.371 e. The Morgan fingerprint density at radius 1 is 1.43 bits per heavy atom. The van der Waals surface area contributed by atoms with Crippen molar-refractivity contribution in [3.8, 4) is 0 Å². The Bertz CT molecular complexity index is 840. The molecule has 0 bridgehead atoms. The first-order valence-electron chi connectivity index (χ1n) is 7.63. The fourth-order valence-electron chi connectivity index (χ4n) is 3.09. The minimum Gasteiger partial charge on any atom is -0.371 e. The molecule has 7 heteroatoms. The van der Waals surface area contributed by atoms with Gasteiger partial charge in [-0.2, -0.15) is 5.10 Å². The van der Waals surface area contributed by atoms with E-state index in [1.807, 2.05) is 19.4 Å². The van der Waals surface area contributed by atoms with E-state index in [-0.39, 0.29) is 11.9 Å². The molecule has 1 aromatic carbocycles. The summed E-state index contributed by atoms with van der Waals surface area (Å²) < 4.78 is 23.0. The number of rotatable bonds is 4. The van der Waals surface area contributed by atoms with Crippen LogP contribution in [0.4, 0.5) is 4.39 Å². The lowest BCUT2D eigenvalue weighted by Gasteiger charge is -2.26. The number of imidazole rings is 1. The molecule has 3 aromatic rings. The molecule has 0 amide bonds. The van der Waals surface area contributed by atoms with Crippen LogP contribution in [-0.2, 0) is 24.9 Å². The molecule has 1 atom stereocenters. The van der Waals surface area contributed by atoms with Gasteiger partial charge >= 0.3 is 0 Å². The number of hydrogen-bond acceptors (Lipinski definition) is 4. The summed E-state index contributed by atoms with van der Waals surface area (Å²) in [4.78, 5) is 4.49. The van der Waals surface area contributed by atoms with Crippen LogP contribution in [0.15, 0.2) is 30.6 Å². The van der Waals surface area contributed by atoms with Gasteiger partial charge in [0.25, 0.3) is 0 Å². The van der Waals surface area contributed by atoms with E-state index in [2.05, 4.69) is 20.0 Å². The van der Waals surface area contributed by atoms with E-state index in [0.29, 0.717) is 18.7 Å². The summed E-state index contributed by atoms with van der Waals surface area (Å²) in [7, 11) is 1.90. The number of fused-ring (bicyclic) bond motifs is 3. The lowest BCUT2D eigenvalue weighted by Crippen LogP contribution is -2.32. The minimum absolute atomic E-state index is 0.144.